The van der Waals surface area contributed by atoms with Crippen LogP contribution in [0.2, 0.25) is 0 Å². The Labute approximate surface area is 147 Å². The highest BCUT2D eigenvalue weighted by Crippen LogP contribution is 2.39. The van der Waals surface area contributed by atoms with Crippen LogP contribution in [0.3, 0.4) is 0 Å². The zero-order chi connectivity index (χ0) is 16.6. The fourth-order valence-electron chi connectivity index (χ4n) is 3.27. The minimum absolute atomic E-state index is 0.115. The second kappa shape index (κ2) is 6.64. The van der Waals surface area contributed by atoms with E-state index in [1.165, 1.54) is 9.13 Å². The third-order valence-electron chi connectivity index (χ3n) is 4.49. The minimum Gasteiger partial charge on any atom is -0.461 e. The number of hydrogen-bond acceptors (Lipinski definition) is 5. The number of halogens is 1. The summed E-state index contributed by atoms with van der Waals surface area (Å²) in [5, 5.41) is 5.29. The van der Waals surface area contributed by atoms with Crippen LogP contribution in [-0.2, 0) is 20.9 Å². The molecule has 7 nitrogen and oxygen atoms in total. The molecule has 0 spiro atoms. The summed E-state index contributed by atoms with van der Waals surface area (Å²) in [6.07, 6.45) is -0.575. The summed E-state index contributed by atoms with van der Waals surface area (Å²) < 4.78 is 6.53. The van der Waals surface area contributed by atoms with Crippen molar-refractivity contribution >= 4 is 28.6 Å². The van der Waals surface area contributed by atoms with Crippen molar-refractivity contribution in [3.63, 3.8) is 0 Å². The van der Waals surface area contributed by atoms with Gasteiger partial charge in [-0.3, -0.25) is 9.63 Å². The molecular formula is C15H17IN4O3. The van der Waals surface area contributed by atoms with Crippen molar-refractivity contribution in [3.8, 4) is 0 Å². The predicted octanol–water partition coefficient (Wildman–Crippen LogP) is 2.96. The number of cyclic esters (lactones) is 1. The van der Waals surface area contributed by atoms with Crippen molar-refractivity contribution in [2.24, 2.45) is 11.0 Å². The highest BCUT2D eigenvalue weighted by atomic mass is 127. The number of rotatable bonds is 4. The molecule has 0 aromatic heterocycles. The maximum Gasteiger partial charge on any atom is 0.326 e. The molecule has 1 aromatic carbocycles. The molecule has 0 amide bonds. The molecule has 4 atom stereocenters. The van der Waals surface area contributed by atoms with E-state index in [-0.39, 0.29) is 30.6 Å². The first kappa shape index (κ1) is 16.5. The van der Waals surface area contributed by atoms with Crippen LogP contribution in [0.1, 0.15) is 18.1 Å². The number of hydroxylamine groups is 2. The van der Waals surface area contributed by atoms with Crippen molar-refractivity contribution in [2.75, 3.05) is 6.54 Å². The topological polar surface area (TPSA) is 87.5 Å². The Bertz CT molecular complexity index is 677. The molecule has 2 aliphatic rings. The van der Waals surface area contributed by atoms with Gasteiger partial charge in [0.05, 0.1) is 25.1 Å². The first-order valence-corrected chi connectivity index (χ1v) is 8.49. The van der Waals surface area contributed by atoms with Crippen molar-refractivity contribution in [1.82, 2.24) is 5.06 Å². The number of carbonyl (C=O) groups is 1. The van der Waals surface area contributed by atoms with Gasteiger partial charge in [-0.25, -0.2) is 0 Å². The summed E-state index contributed by atoms with van der Waals surface area (Å²) in [4.78, 5) is 20.9. The number of nitrogens with zero attached hydrogens (tertiary/aromatic N) is 4. The molecule has 2 saturated heterocycles. The van der Waals surface area contributed by atoms with Crippen molar-refractivity contribution in [2.45, 2.75) is 38.6 Å². The highest BCUT2D eigenvalue weighted by molar-refractivity contribution is 14.1. The monoisotopic (exact) mass is 428 g/mol. The highest BCUT2D eigenvalue weighted by Gasteiger charge is 2.55. The average Bonchev–Trinajstić information content (AvgIpc) is 3.02. The fraction of sp³-hybridized carbons (Fsp3) is 0.533. The van der Waals surface area contributed by atoms with Gasteiger partial charge in [-0.05, 0) is 59.2 Å². The molecule has 2 fully saturated rings. The van der Waals surface area contributed by atoms with Gasteiger partial charge in [0, 0.05) is 8.48 Å². The third-order valence-corrected chi connectivity index (χ3v) is 5.66. The summed E-state index contributed by atoms with van der Waals surface area (Å²) in [7, 11) is 0. The Morgan fingerprint density at radius 2 is 2.26 bits per heavy atom. The number of esters is 1. The van der Waals surface area contributed by atoms with E-state index < -0.39 is 6.04 Å². The molecule has 1 aromatic rings. The molecule has 0 aliphatic carbocycles. The first-order valence-electron chi connectivity index (χ1n) is 7.41. The van der Waals surface area contributed by atoms with Gasteiger partial charge in [0.25, 0.3) is 0 Å². The number of carbonyl (C=O) groups excluding carboxylic acids is 1. The lowest BCUT2D eigenvalue weighted by atomic mass is 9.92. The molecule has 2 aliphatic heterocycles. The second-order valence-corrected chi connectivity index (χ2v) is 6.98. The van der Waals surface area contributed by atoms with E-state index in [1.54, 1.807) is 5.06 Å². The molecule has 0 unspecified atom stereocenters. The minimum atomic E-state index is -0.443. The standard InChI is InChI=1S/C15H17IN4O3/c1-8-10(4-3-5-11(8)16)7-20-14-13(9(2)22-15(14)21)12(23-20)6-18-19-17/h3-5,9,12-14H,6-7H2,1-2H3/t9-,12-,13+,14-/m0/s1. The number of ether oxygens (including phenoxy) is 1. The quantitative estimate of drug-likeness (QED) is 0.243. The lowest BCUT2D eigenvalue weighted by Crippen LogP contribution is -2.35. The molecule has 8 heteroatoms. The molecular weight excluding hydrogens is 411 g/mol. The summed E-state index contributed by atoms with van der Waals surface area (Å²) in [6, 6.07) is 5.62. The van der Waals surface area contributed by atoms with Crippen molar-refractivity contribution in [1.29, 1.82) is 0 Å². The molecule has 0 bridgehead atoms. The van der Waals surface area contributed by atoms with Gasteiger partial charge in [-0.2, -0.15) is 5.06 Å². The van der Waals surface area contributed by atoms with Crippen LogP contribution in [0.25, 0.3) is 10.4 Å². The zero-order valence-electron chi connectivity index (χ0n) is 12.8. The van der Waals surface area contributed by atoms with E-state index in [4.69, 9.17) is 15.1 Å². The van der Waals surface area contributed by atoms with Crippen LogP contribution in [0.15, 0.2) is 23.3 Å². The van der Waals surface area contributed by atoms with E-state index in [9.17, 15) is 4.79 Å². The normalized spacial score (nSPS) is 30.0. The van der Waals surface area contributed by atoms with E-state index in [2.05, 4.69) is 39.5 Å². The van der Waals surface area contributed by atoms with Gasteiger partial charge in [-0.15, -0.1) is 0 Å². The third kappa shape index (κ3) is 3.03. The van der Waals surface area contributed by atoms with Crippen LogP contribution in [0, 0.1) is 16.4 Å². The first-order chi connectivity index (χ1) is 11.0. The molecule has 3 rings (SSSR count). The number of benzene rings is 1. The van der Waals surface area contributed by atoms with Crippen LogP contribution in [0.5, 0.6) is 0 Å². The Balaban J connectivity index is 1.85. The van der Waals surface area contributed by atoms with Gasteiger partial charge in [-0.1, -0.05) is 17.2 Å². The number of hydrogen-bond donors (Lipinski definition) is 0. The Morgan fingerprint density at radius 1 is 1.48 bits per heavy atom. The van der Waals surface area contributed by atoms with E-state index in [1.807, 2.05) is 25.1 Å². The SMILES string of the molecule is Cc1c(I)cccc1CN1O[C@@H](CN=[N+]=[N-])[C@H]2[C@H](C)OC(=O)[C@H]21. The Kier molecular flexibility index (Phi) is 4.77. The lowest BCUT2D eigenvalue weighted by molar-refractivity contribution is -0.188. The lowest BCUT2D eigenvalue weighted by Gasteiger charge is -2.21. The van der Waals surface area contributed by atoms with Gasteiger partial charge in [0.2, 0.25) is 0 Å². The summed E-state index contributed by atoms with van der Waals surface area (Å²) in [5.41, 5.74) is 10.8. The largest absolute Gasteiger partial charge is 0.461 e. The second-order valence-electron chi connectivity index (χ2n) is 5.82. The van der Waals surface area contributed by atoms with Gasteiger partial charge in [0.15, 0.2) is 0 Å². The van der Waals surface area contributed by atoms with E-state index in [0.29, 0.717) is 6.54 Å². The molecule has 23 heavy (non-hydrogen) atoms. The summed E-state index contributed by atoms with van der Waals surface area (Å²) in [5.74, 6) is -0.384. The van der Waals surface area contributed by atoms with Crippen LogP contribution in [0.4, 0.5) is 0 Å². The molecule has 0 radical (unpaired) electrons. The molecule has 0 saturated carbocycles. The predicted molar refractivity (Wildman–Crippen MR) is 91.2 cm³/mol. The van der Waals surface area contributed by atoms with Gasteiger partial charge >= 0.3 is 5.97 Å². The fourth-order valence-corrected chi connectivity index (χ4v) is 3.82. The van der Waals surface area contributed by atoms with Crippen molar-refractivity contribution in [3.05, 3.63) is 43.3 Å². The van der Waals surface area contributed by atoms with Gasteiger partial charge in [0.1, 0.15) is 12.1 Å². The average molecular weight is 428 g/mol. The van der Waals surface area contributed by atoms with E-state index in [0.717, 1.165) is 5.56 Å². The summed E-state index contributed by atoms with van der Waals surface area (Å²) >= 11 is 2.29. The van der Waals surface area contributed by atoms with Crippen LogP contribution < -0.4 is 0 Å². The Hall–Kier alpha value is -1.35. The van der Waals surface area contributed by atoms with E-state index >= 15 is 0 Å². The van der Waals surface area contributed by atoms with Crippen molar-refractivity contribution < 1.29 is 14.4 Å². The summed E-state index contributed by atoms with van der Waals surface area (Å²) in [6.45, 7) is 4.60. The molecule has 0 N–H and O–H groups in total. The van der Waals surface area contributed by atoms with Gasteiger partial charge < -0.3 is 4.74 Å². The maximum absolute atomic E-state index is 12.2. The maximum atomic E-state index is 12.2. The van der Waals surface area contributed by atoms with Crippen LogP contribution >= 0.6 is 22.6 Å². The zero-order valence-corrected chi connectivity index (χ0v) is 15.0. The Morgan fingerprint density at radius 3 is 3.00 bits per heavy atom. The smallest absolute Gasteiger partial charge is 0.326 e. The number of azide groups is 1. The van der Waals surface area contributed by atoms with Crippen LogP contribution in [-0.4, -0.2) is 35.8 Å². The number of fused-ring (bicyclic) bond motifs is 1. The molecule has 2 heterocycles. The molecule has 122 valence electrons.